The maximum absolute atomic E-state index is 8.67. The van der Waals surface area contributed by atoms with Gasteiger partial charge in [-0.2, -0.15) is 0 Å². The van der Waals surface area contributed by atoms with E-state index in [1.807, 2.05) is 39.1 Å². The van der Waals surface area contributed by atoms with Gasteiger partial charge in [-0.15, -0.1) is 11.3 Å². The molecule has 0 aliphatic carbocycles. The first-order valence-electron chi connectivity index (χ1n) is 12.9. The van der Waals surface area contributed by atoms with E-state index in [2.05, 4.69) is 81.4 Å². The number of thiophene rings is 1. The molecule has 5 aromatic rings. The van der Waals surface area contributed by atoms with Gasteiger partial charge >= 0.3 is 0 Å². The lowest BCUT2D eigenvalue weighted by Crippen LogP contribution is -2.12. The average molecular weight is 466 g/mol. The molecule has 0 unspecified atom stereocenters. The maximum Gasteiger partial charge on any atom is 0.0708 e. The van der Waals surface area contributed by atoms with Crippen LogP contribution < -0.4 is 0 Å². The van der Waals surface area contributed by atoms with Crippen molar-refractivity contribution in [2.75, 3.05) is 0 Å². The highest BCUT2D eigenvalue weighted by molar-refractivity contribution is 7.22. The highest BCUT2D eigenvalue weighted by atomic mass is 32.1. The van der Waals surface area contributed by atoms with Crippen LogP contribution in [0.5, 0.6) is 0 Å². The number of rotatable bonds is 3. The van der Waals surface area contributed by atoms with Crippen LogP contribution in [0.15, 0.2) is 79.0 Å². The zero-order chi connectivity index (χ0) is 25.9. The predicted molar refractivity (Wildman–Crippen MR) is 150 cm³/mol. The van der Waals surface area contributed by atoms with Crippen molar-refractivity contribution in [3.05, 3.63) is 90.1 Å². The largest absolute Gasteiger partial charge is 0.256 e. The third kappa shape index (κ3) is 4.65. The Hall–Kier alpha value is -2.97. The molecule has 0 amide bonds. The van der Waals surface area contributed by atoms with Gasteiger partial charge in [-0.3, -0.25) is 4.98 Å². The molecular formula is C32H33NS. The summed E-state index contributed by atoms with van der Waals surface area (Å²) in [4.78, 5) is 5.91. The summed E-state index contributed by atoms with van der Waals surface area (Å²) in [5, 5.41) is 3.66. The van der Waals surface area contributed by atoms with Gasteiger partial charge < -0.3 is 0 Å². The number of pyridine rings is 1. The Morgan fingerprint density at radius 3 is 2.35 bits per heavy atom. The Kier molecular flexibility index (Phi) is 5.02. The molecule has 0 fully saturated rings. The van der Waals surface area contributed by atoms with Crippen LogP contribution in [0.3, 0.4) is 0 Å². The molecule has 0 atom stereocenters. The van der Waals surface area contributed by atoms with E-state index in [0.717, 1.165) is 32.5 Å². The summed E-state index contributed by atoms with van der Waals surface area (Å²) >= 11 is 1.71. The topological polar surface area (TPSA) is 12.9 Å². The van der Waals surface area contributed by atoms with Crippen LogP contribution in [0.25, 0.3) is 42.6 Å². The average Bonchev–Trinajstić information content (AvgIpc) is 3.26. The first kappa shape index (κ1) is 20.4. The molecular weight excluding hydrogens is 430 g/mol. The summed E-state index contributed by atoms with van der Waals surface area (Å²) in [5.74, 6) is 0. The summed E-state index contributed by atoms with van der Waals surface area (Å²) in [7, 11) is 0. The summed E-state index contributed by atoms with van der Waals surface area (Å²) < 4.78 is 18.4. The van der Waals surface area contributed by atoms with Gasteiger partial charge in [-0.1, -0.05) is 77.9 Å². The minimum absolute atomic E-state index is 0.0222. The van der Waals surface area contributed by atoms with E-state index in [0.29, 0.717) is 0 Å². The zero-order valence-corrected chi connectivity index (χ0v) is 21.7. The minimum Gasteiger partial charge on any atom is -0.256 e. The normalized spacial score (nSPS) is 13.8. The first-order valence-corrected chi connectivity index (χ1v) is 12.7. The molecule has 34 heavy (non-hydrogen) atoms. The van der Waals surface area contributed by atoms with Gasteiger partial charge in [0.1, 0.15) is 0 Å². The van der Waals surface area contributed by atoms with E-state index < -0.39 is 11.8 Å². The minimum atomic E-state index is -1.41. The lowest BCUT2D eigenvalue weighted by Gasteiger charge is -2.22. The monoisotopic (exact) mass is 465 g/mol. The number of hydrogen-bond acceptors (Lipinski definition) is 2. The second-order valence-electron chi connectivity index (χ2n) is 11.2. The van der Waals surface area contributed by atoms with Crippen LogP contribution >= 0.6 is 11.3 Å². The standard InChI is InChI=1S/C32H33NS/c1-31(2,3)20-21-11-12-23-19-30(34-29(23)15-21)24-13-14-33-28(18-24)25-16-22-9-7-8-10-26(22)27(17-25)32(4,5)6/h7-19H,20H2,1-6H3/i20D2. The zero-order valence-electron chi connectivity index (χ0n) is 22.9. The number of nitrogens with zero attached hydrogens (tertiary/aromatic N) is 1. The van der Waals surface area contributed by atoms with Crippen LogP contribution in [0.1, 0.15) is 55.4 Å². The van der Waals surface area contributed by atoms with Crippen LogP contribution in [0.2, 0.25) is 0 Å². The summed E-state index contributed by atoms with van der Waals surface area (Å²) in [6.45, 7) is 12.6. The number of fused-ring (bicyclic) bond motifs is 2. The van der Waals surface area contributed by atoms with Gasteiger partial charge in [0.05, 0.1) is 5.69 Å². The molecule has 3 aromatic carbocycles. The van der Waals surface area contributed by atoms with E-state index in [1.54, 1.807) is 11.3 Å². The fraction of sp³-hybridized carbons (Fsp3) is 0.281. The van der Waals surface area contributed by atoms with Gasteiger partial charge in [-0.05, 0) is 86.5 Å². The maximum atomic E-state index is 8.67. The Bertz CT molecular complexity index is 1580. The number of hydrogen-bond donors (Lipinski definition) is 0. The second-order valence-corrected chi connectivity index (χ2v) is 12.2. The molecule has 0 radical (unpaired) electrons. The van der Waals surface area contributed by atoms with Gasteiger partial charge in [0.25, 0.3) is 0 Å². The van der Waals surface area contributed by atoms with Crippen molar-refractivity contribution in [3.8, 4) is 21.7 Å². The molecule has 0 N–H and O–H groups in total. The van der Waals surface area contributed by atoms with Crippen molar-refractivity contribution in [2.24, 2.45) is 5.41 Å². The highest BCUT2D eigenvalue weighted by Crippen LogP contribution is 2.38. The van der Waals surface area contributed by atoms with E-state index in [4.69, 9.17) is 7.73 Å². The number of aromatic nitrogens is 1. The fourth-order valence-corrected chi connectivity index (χ4v) is 5.60. The van der Waals surface area contributed by atoms with E-state index in [1.165, 1.54) is 21.2 Å². The molecule has 1 nitrogen and oxygen atoms in total. The molecule has 0 bridgehead atoms. The Balaban J connectivity index is 1.58. The van der Waals surface area contributed by atoms with Crippen molar-refractivity contribution in [1.82, 2.24) is 4.98 Å². The van der Waals surface area contributed by atoms with Gasteiger partial charge in [0.15, 0.2) is 0 Å². The molecule has 0 saturated carbocycles. The Morgan fingerprint density at radius 2 is 1.59 bits per heavy atom. The van der Waals surface area contributed by atoms with Crippen molar-refractivity contribution in [3.63, 3.8) is 0 Å². The lowest BCUT2D eigenvalue weighted by molar-refractivity contribution is 0.411. The quantitative estimate of drug-likeness (QED) is 0.258. The third-order valence-electron chi connectivity index (χ3n) is 6.05. The Morgan fingerprint density at radius 1 is 0.794 bits per heavy atom. The molecule has 0 aliphatic rings. The van der Waals surface area contributed by atoms with Gasteiger partial charge in [-0.25, -0.2) is 0 Å². The molecule has 2 heterocycles. The molecule has 0 aliphatic heterocycles. The molecule has 172 valence electrons. The Labute approximate surface area is 210 Å². The van der Waals surface area contributed by atoms with Crippen LogP contribution in [-0.4, -0.2) is 4.98 Å². The lowest BCUT2D eigenvalue weighted by atomic mass is 9.82. The molecule has 5 rings (SSSR count). The molecule has 2 aromatic heterocycles. The van der Waals surface area contributed by atoms with Crippen LogP contribution in [0, 0.1) is 5.41 Å². The van der Waals surface area contributed by atoms with Crippen LogP contribution in [-0.2, 0) is 11.8 Å². The summed E-state index contributed by atoms with van der Waals surface area (Å²) in [6.07, 6.45) is 0.487. The first-order chi connectivity index (χ1) is 16.8. The highest BCUT2D eigenvalue weighted by Gasteiger charge is 2.19. The SMILES string of the molecule is [2H]C([2H])(c1ccc2cc(-c3ccnc(-c4cc(C(C)(C)C)c5ccccc5c4)c3)sc2c1)C(C)(C)C. The smallest absolute Gasteiger partial charge is 0.0708 e. The predicted octanol–water partition coefficient (Wildman–Crippen LogP) is 9.67. The van der Waals surface area contributed by atoms with Crippen LogP contribution in [0.4, 0.5) is 0 Å². The fourth-order valence-electron chi connectivity index (χ4n) is 4.50. The van der Waals surface area contributed by atoms with Crippen molar-refractivity contribution >= 4 is 32.2 Å². The van der Waals surface area contributed by atoms with Gasteiger partial charge in [0, 0.05) is 24.1 Å². The third-order valence-corrected chi connectivity index (χ3v) is 7.20. The second kappa shape index (κ2) is 8.36. The summed E-state index contributed by atoms with van der Waals surface area (Å²) in [6, 6.07) is 25.6. The van der Waals surface area contributed by atoms with Crippen molar-refractivity contribution < 1.29 is 2.74 Å². The molecule has 0 saturated heterocycles. The van der Waals surface area contributed by atoms with Crippen molar-refractivity contribution in [1.29, 1.82) is 0 Å². The van der Waals surface area contributed by atoms with Gasteiger partial charge in [0.2, 0.25) is 0 Å². The van der Waals surface area contributed by atoms with E-state index in [-0.39, 0.29) is 5.41 Å². The summed E-state index contributed by atoms with van der Waals surface area (Å²) in [5.41, 5.74) is 4.82. The van der Waals surface area contributed by atoms with E-state index >= 15 is 0 Å². The molecule has 2 heteroatoms. The van der Waals surface area contributed by atoms with Crippen molar-refractivity contribution in [2.45, 2.75) is 53.3 Å². The number of benzene rings is 3. The van der Waals surface area contributed by atoms with E-state index in [9.17, 15) is 0 Å². The molecule has 0 spiro atoms.